The van der Waals surface area contributed by atoms with Gasteiger partial charge in [-0.1, -0.05) is 24.0 Å². The lowest BCUT2D eigenvalue weighted by atomic mass is 9.97. The van der Waals surface area contributed by atoms with Gasteiger partial charge in [-0.15, -0.1) is 0 Å². The molecule has 0 unspecified atom stereocenters. The summed E-state index contributed by atoms with van der Waals surface area (Å²) >= 11 is 0. The minimum Gasteiger partial charge on any atom is -0.492 e. The fourth-order valence-electron chi connectivity index (χ4n) is 0.987. The topological polar surface area (TPSA) is 63.6 Å². The Kier molecular flexibility index (Phi) is 4.17. The molecule has 4 nitrogen and oxygen atoms in total. The van der Waals surface area contributed by atoms with E-state index in [2.05, 4.69) is 0 Å². The lowest BCUT2D eigenvalue weighted by molar-refractivity contribution is 0.336. The van der Waals surface area contributed by atoms with Gasteiger partial charge in [0.15, 0.2) is 0 Å². The van der Waals surface area contributed by atoms with Crippen LogP contribution in [0.2, 0.25) is 0 Å². The molecule has 2 radical (unpaired) electrons. The van der Waals surface area contributed by atoms with Gasteiger partial charge in [0, 0.05) is 0 Å². The first kappa shape index (κ1) is 12.1. The van der Waals surface area contributed by atoms with Crippen LogP contribution < -0.4 is 4.74 Å². The molecule has 0 fully saturated rings. The molecule has 0 spiro atoms. The number of rotatable bonds is 5. The van der Waals surface area contributed by atoms with Crippen LogP contribution in [-0.4, -0.2) is 33.2 Å². The molecule has 0 atom stereocenters. The maximum absolute atomic E-state index is 10.4. The molecule has 1 aromatic rings. The SMILES string of the molecule is [B]Cc1ccc(OCCS(=O)(=O)O)cc1. The maximum Gasteiger partial charge on any atom is 0.268 e. The van der Waals surface area contributed by atoms with E-state index in [4.69, 9.17) is 17.1 Å². The van der Waals surface area contributed by atoms with Gasteiger partial charge in [0.2, 0.25) is 0 Å². The molecular formula is C9H11BO4S. The standard InChI is InChI=1S/C9H11BO4S/c10-7-8-1-3-9(4-2-8)14-5-6-15(11,12)13/h1-4H,5-7H2,(H,11,12,13). The second kappa shape index (κ2) is 5.18. The van der Waals surface area contributed by atoms with Crippen molar-refractivity contribution in [3.63, 3.8) is 0 Å². The minimum absolute atomic E-state index is 0.0686. The van der Waals surface area contributed by atoms with E-state index in [1.165, 1.54) is 0 Å². The zero-order valence-electron chi connectivity index (χ0n) is 8.09. The summed E-state index contributed by atoms with van der Waals surface area (Å²) in [6.45, 7) is -0.0686. The molecule has 0 heterocycles. The molecule has 1 N–H and O–H groups in total. The summed E-state index contributed by atoms with van der Waals surface area (Å²) in [5, 5.41) is 0. The van der Waals surface area contributed by atoms with Crippen LogP contribution in [0.25, 0.3) is 0 Å². The Morgan fingerprint density at radius 2 is 1.87 bits per heavy atom. The molecule has 0 aliphatic rings. The number of hydrogen-bond acceptors (Lipinski definition) is 3. The highest BCUT2D eigenvalue weighted by Crippen LogP contribution is 2.11. The summed E-state index contributed by atoms with van der Waals surface area (Å²) in [4.78, 5) is 0. The summed E-state index contributed by atoms with van der Waals surface area (Å²) in [5.41, 5.74) is 0.970. The highest BCUT2D eigenvalue weighted by molar-refractivity contribution is 7.85. The number of benzene rings is 1. The molecule has 0 aliphatic carbocycles. The Morgan fingerprint density at radius 3 is 2.33 bits per heavy atom. The summed E-state index contributed by atoms with van der Waals surface area (Å²) in [7, 11) is 1.45. The van der Waals surface area contributed by atoms with Crippen molar-refractivity contribution in [3.8, 4) is 5.75 Å². The molecule has 0 bridgehead atoms. The summed E-state index contributed by atoms with van der Waals surface area (Å²) in [6, 6.07) is 6.99. The van der Waals surface area contributed by atoms with Gasteiger partial charge in [0.1, 0.15) is 18.1 Å². The van der Waals surface area contributed by atoms with E-state index in [1.807, 2.05) is 0 Å². The van der Waals surface area contributed by atoms with Crippen molar-refractivity contribution in [1.82, 2.24) is 0 Å². The van der Waals surface area contributed by atoms with Crippen molar-refractivity contribution < 1.29 is 17.7 Å². The zero-order valence-corrected chi connectivity index (χ0v) is 8.90. The molecule has 0 aliphatic heterocycles. The fourth-order valence-corrected chi connectivity index (χ4v) is 1.28. The monoisotopic (exact) mass is 226 g/mol. The van der Waals surface area contributed by atoms with E-state index in [9.17, 15) is 8.42 Å². The fraction of sp³-hybridized carbons (Fsp3) is 0.333. The molecule has 6 heteroatoms. The molecule has 0 aromatic heterocycles. The van der Waals surface area contributed by atoms with E-state index >= 15 is 0 Å². The summed E-state index contributed by atoms with van der Waals surface area (Å²) < 4.78 is 34.3. The third-order valence-corrected chi connectivity index (χ3v) is 2.45. The van der Waals surface area contributed by atoms with Crippen molar-refractivity contribution in [2.75, 3.05) is 12.4 Å². The predicted molar refractivity (Wildman–Crippen MR) is 57.8 cm³/mol. The molecule has 15 heavy (non-hydrogen) atoms. The highest BCUT2D eigenvalue weighted by atomic mass is 32.2. The van der Waals surface area contributed by atoms with Crippen LogP contribution in [0.3, 0.4) is 0 Å². The molecular weight excluding hydrogens is 215 g/mol. The zero-order chi connectivity index (χ0) is 11.3. The predicted octanol–water partition coefficient (Wildman–Crippen LogP) is 0.622. The van der Waals surface area contributed by atoms with Crippen LogP contribution in [0, 0.1) is 0 Å². The van der Waals surface area contributed by atoms with E-state index in [0.29, 0.717) is 12.1 Å². The van der Waals surface area contributed by atoms with Crippen molar-refractivity contribution in [2.45, 2.75) is 6.32 Å². The Morgan fingerprint density at radius 1 is 1.27 bits per heavy atom. The molecule has 1 rings (SSSR count). The van der Waals surface area contributed by atoms with Gasteiger partial charge in [-0.05, 0) is 12.1 Å². The van der Waals surface area contributed by atoms with Crippen molar-refractivity contribution >= 4 is 18.0 Å². The summed E-state index contributed by atoms with van der Waals surface area (Å²) in [6.07, 6.45) is 0.450. The normalized spacial score (nSPS) is 11.3. The van der Waals surface area contributed by atoms with Crippen molar-refractivity contribution in [3.05, 3.63) is 29.8 Å². The Labute approximate surface area is 90.4 Å². The van der Waals surface area contributed by atoms with Gasteiger partial charge in [0.25, 0.3) is 10.1 Å². The van der Waals surface area contributed by atoms with Crippen LogP contribution >= 0.6 is 0 Å². The maximum atomic E-state index is 10.4. The molecule has 1 aromatic carbocycles. The van der Waals surface area contributed by atoms with Gasteiger partial charge in [-0.2, -0.15) is 8.42 Å². The van der Waals surface area contributed by atoms with Gasteiger partial charge in [-0.3, -0.25) is 4.55 Å². The second-order valence-corrected chi connectivity index (χ2v) is 4.55. The first-order valence-electron chi connectivity index (χ1n) is 4.38. The van der Waals surface area contributed by atoms with E-state index in [1.54, 1.807) is 24.3 Å². The smallest absolute Gasteiger partial charge is 0.268 e. The van der Waals surface area contributed by atoms with Gasteiger partial charge in [-0.25, -0.2) is 0 Å². The first-order valence-corrected chi connectivity index (χ1v) is 5.99. The third-order valence-electron chi connectivity index (χ3n) is 1.77. The lowest BCUT2D eigenvalue weighted by Gasteiger charge is -2.05. The van der Waals surface area contributed by atoms with E-state index in [0.717, 1.165) is 5.56 Å². The molecule has 80 valence electrons. The van der Waals surface area contributed by atoms with Crippen LogP contribution in [-0.2, 0) is 16.4 Å². The number of hydrogen-bond donors (Lipinski definition) is 1. The average molecular weight is 226 g/mol. The number of ether oxygens (including phenoxy) is 1. The van der Waals surface area contributed by atoms with Crippen LogP contribution in [0.4, 0.5) is 0 Å². The third kappa shape index (κ3) is 4.85. The first-order chi connectivity index (χ1) is 7.01. The van der Waals surface area contributed by atoms with Crippen LogP contribution in [0.15, 0.2) is 24.3 Å². The summed E-state index contributed by atoms with van der Waals surface area (Å²) in [5.74, 6) is 0.141. The van der Waals surface area contributed by atoms with Gasteiger partial charge >= 0.3 is 0 Å². The molecule has 0 saturated heterocycles. The quantitative estimate of drug-likeness (QED) is 0.590. The molecule has 0 saturated carbocycles. The lowest BCUT2D eigenvalue weighted by Crippen LogP contribution is -2.12. The Balaban J connectivity index is 2.45. The average Bonchev–Trinajstić information content (AvgIpc) is 2.17. The van der Waals surface area contributed by atoms with E-state index < -0.39 is 15.9 Å². The van der Waals surface area contributed by atoms with Crippen molar-refractivity contribution in [1.29, 1.82) is 0 Å². The van der Waals surface area contributed by atoms with Crippen molar-refractivity contribution in [2.24, 2.45) is 0 Å². The minimum atomic E-state index is -3.95. The van der Waals surface area contributed by atoms with Gasteiger partial charge in [0.05, 0.1) is 7.85 Å². The molecule has 0 amide bonds. The Hall–Kier alpha value is -1.01. The van der Waals surface area contributed by atoms with Crippen LogP contribution in [0.1, 0.15) is 5.56 Å². The van der Waals surface area contributed by atoms with E-state index in [-0.39, 0.29) is 6.61 Å². The largest absolute Gasteiger partial charge is 0.492 e. The second-order valence-electron chi connectivity index (χ2n) is 2.98. The highest BCUT2D eigenvalue weighted by Gasteiger charge is 2.04. The van der Waals surface area contributed by atoms with Crippen LogP contribution in [0.5, 0.6) is 5.75 Å². The van der Waals surface area contributed by atoms with Gasteiger partial charge < -0.3 is 4.74 Å². The Bertz CT molecular complexity index is 399.